The van der Waals surface area contributed by atoms with Crippen LogP contribution in [0.5, 0.6) is 5.75 Å². The van der Waals surface area contributed by atoms with Crippen LogP contribution in [0.4, 0.5) is 0 Å². The van der Waals surface area contributed by atoms with E-state index in [9.17, 15) is 4.79 Å². The highest BCUT2D eigenvalue weighted by Gasteiger charge is 2.16. The number of fused-ring (bicyclic) bond motifs is 1. The van der Waals surface area contributed by atoms with Crippen molar-refractivity contribution in [1.82, 2.24) is 0 Å². The Bertz CT molecular complexity index is 858. The van der Waals surface area contributed by atoms with Crippen molar-refractivity contribution in [3.05, 3.63) is 75.2 Å². The van der Waals surface area contributed by atoms with Gasteiger partial charge in [-0.3, -0.25) is 0 Å². The maximum Gasteiger partial charge on any atom is 0.343 e. The van der Waals surface area contributed by atoms with Gasteiger partial charge in [0.1, 0.15) is 0 Å². The molecule has 0 heterocycles. The van der Waals surface area contributed by atoms with Crippen LogP contribution in [-0.4, -0.2) is 5.97 Å². The van der Waals surface area contributed by atoms with Crippen LogP contribution in [0.1, 0.15) is 10.4 Å². The smallest absolute Gasteiger partial charge is 0.343 e. The van der Waals surface area contributed by atoms with Crippen molar-refractivity contribution >= 4 is 51.5 Å². The molecule has 0 amide bonds. The number of halogens is 3. The van der Waals surface area contributed by atoms with Gasteiger partial charge in [0, 0.05) is 15.8 Å². The molecule has 0 bridgehead atoms. The highest BCUT2D eigenvalue weighted by Crippen LogP contribution is 2.38. The second-order valence-electron chi connectivity index (χ2n) is 4.61. The maximum atomic E-state index is 12.2. The van der Waals surface area contributed by atoms with Crippen LogP contribution < -0.4 is 4.74 Å². The summed E-state index contributed by atoms with van der Waals surface area (Å²) < 4.78 is 5.47. The van der Waals surface area contributed by atoms with Gasteiger partial charge in [0.05, 0.1) is 15.6 Å². The third-order valence-electron chi connectivity index (χ3n) is 3.17. The van der Waals surface area contributed by atoms with E-state index in [1.165, 1.54) is 0 Å². The molecule has 0 saturated heterocycles. The summed E-state index contributed by atoms with van der Waals surface area (Å²) in [4.78, 5) is 12.2. The molecule has 0 aliphatic carbocycles. The van der Waals surface area contributed by atoms with Crippen molar-refractivity contribution in [2.75, 3.05) is 0 Å². The van der Waals surface area contributed by atoms with Gasteiger partial charge in [-0.05, 0) is 30.3 Å². The van der Waals surface area contributed by atoms with Crippen LogP contribution >= 0.6 is 34.8 Å². The summed E-state index contributed by atoms with van der Waals surface area (Å²) in [6, 6.07) is 15.3. The number of carbonyl (C=O) groups excluding carboxylic acids is 1. The fourth-order valence-electron chi connectivity index (χ4n) is 2.11. The van der Waals surface area contributed by atoms with Gasteiger partial charge in [0.2, 0.25) is 0 Å². The zero-order chi connectivity index (χ0) is 15.7. The number of benzene rings is 3. The second-order valence-corrected chi connectivity index (χ2v) is 5.86. The van der Waals surface area contributed by atoms with Gasteiger partial charge in [-0.1, -0.05) is 59.1 Å². The first kappa shape index (κ1) is 15.2. The Kier molecular flexibility index (Phi) is 4.25. The quantitative estimate of drug-likeness (QED) is 0.417. The molecule has 3 rings (SSSR count). The van der Waals surface area contributed by atoms with E-state index >= 15 is 0 Å². The van der Waals surface area contributed by atoms with E-state index < -0.39 is 5.97 Å². The molecule has 3 aromatic rings. The summed E-state index contributed by atoms with van der Waals surface area (Å²) in [7, 11) is 0. The Labute approximate surface area is 142 Å². The van der Waals surface area contributed by atoms with E-state index in [2.05, 4.69) is 0 Å². The standard InChI is InChI=1S/C17H9Cl3O2/c18-11-7-5-10(6-8-11)17(21)22-16-13-4-2-1-3-12(13)14(19)9-15(16)20/h1-9H. The maximum absolute atomic E-state index is 12.2. The summed E-state index contributed by atoms with van der Waals surface area (Å²) in [5.74, 6) is -0.215. The van der Waals surface area contributed by atoms with Gasteiger partial charge in [-0.2, -0.15) is 0 Å². The van der Waals surface area contributed by atoms with E-state index in [0.717, 1.165) is 5.39 Å². The van der Waals surface area contributed by atoms with Gasteiger partial charge in [-0.15, -0.1) is 0 Å². The van der Waals surface area contributed by atoms with Crippen LogP contribution in [0.25, 0.3) is 10.8 Å². The lowest BCUT2D eigenvalue weighted by molar-refractivity contribution is 0.0737. The third kappa shape index (κ3) is 2.91. The number of hydrogen-bond acceptors (Lipinski definition) is 2. The molecule has 0 unspecified atom stereocenters. The first-order chi connectivity index (χ1) is 10.6. The zero-order valence-electron chi connectivity index (χ0n) is 11.1. The molecule has 110 valence electrons. The molecule has 0 saturated carbocycles. The largest absolute Gasteiger partial charge is 0.421 e. The molecule has 3 aromatic carbocycles. The monoisotopic (exact) mass is 350 g/mol. The molecule has 0 atom stereocenters. The minimum absolute atomic E-state index is 0.283. The summed E-state index contributed by atoms with van der Waals surface area (Å²) in [5.41, 5.74) is 0.388. The molecule has 0 radical (unpaired) electrons. The van der Waals surface area contributed by atoms with E-state index in [0.29, 0.717) is 26.7 Å². The van der Waals surface area contributed by atoms with Gasteiger partial charge < -0.3 is 4.74 Å². The van der Waals surface area contributed by atoms with Crippen molar-refractivity contribution in [3.63, 3.8) is 0 Å². The third-order valence-corrected chi connectivity index (χ3v) is 4.02. The van der Waals surface area contributed by atoms with Crippen LogP contribution in [0.2, 0.25) is 15.1 Å². The minimum Gasteiger partial charge on any atom is -0.421 e. The number of rotatable bonds is 2. The number of carbonyl (C=O) groups is 1. The van der Waals surface area contributed by atoms with Crippen molar-refractivity contribution in [2.45, 2.75) is 0 Å². The van der Waals surface area contributed by atoms with E-state index in [1.54, 1.807) is 36.4 Å². The average molecular weight is 352 g/mol. The summed E-state index contributed by atoms with van der Waals surface area (Å²) >= 11 is 18.2. The van der Waals surface area contributed by atoms with Crippen LogP contribution in [-0.2, 0) is 0 Å². The summed E-state index contributed by atoms with van der Waals surface area (Å²) in [5, 5.41) is 2.79. The van der Waals surface area contributed by atoms with Crippen LogP contribution in [0.3, 0.4) is 0 Å². The first-order valence-electron chi connectivity index (χ1n) is 6.41. The fourth-order valence-corrected chi connectivity index (χ4v) is 2.82. The first-order valence-corrected chi connectivity index (χ1v) is 7.54. The highest BCUT2D eigenvalue weighted by molar-refractivity contribution is 6.40. The predicted octanol–water partition coefficient (Wildman–Crippen LogP) is 6.02. The average Bonchev–Trinajstić information content (AvgIpc) is 2.52. The Morgan fingerprint density at radius 2 is 1.45 bits per heavy atom. The van der Waals surface area contributed by atoms with E-state index in [1.807, 2.05) is 18.2 Å². The van der Waals surface area contributed by atoms with Crippen molar-refractivity contribution in [3.8, 4) is 5.75 Å². The predicted molar refractivity (Wildman–Crippen MR) is 90.4 cm³/mol. The van der Waals surface area contributed by atoms with Gasteiger partial charge in [-0.25, -0.2) is 4.79 Å². The van der Waals surface area contributed by atoms with Crippen molar-refractivity contribution in [1.29, 1.82) is 0 Å². The van der Waals surface area contributed by atoms with E-state index in [4.69, 9.17) is 39.5 Å². The lowest BCUT2D eigenvalue weighted by atomic mass is 10.1. The molecule has 2 nitrogen and oxygen atoms in total. The SMILES string of the molecule is O=C(Oc1c(Cl)cc(Cl)c2ccccc12)c1ccc(Cl)cc1. The molecule has 0 fully saturated rings. The van der Waals surface area contributed by atoms with Crippen molar-refractivity contribution in [2.24, 2.45) is 0 Å². The molecule has 0 aliphatic heterocycles. The molecule has 0 aliphatic rings. The Morgan fingerprint density at radius 1 is 0.818 bits per heavy atom. The number of esters is 1. The zero-order valence-corrected chi connectivity index (χ0v) is 13.4. The molecule has 0 aromatic heterocycles. The van der Waals surface area contributed by atoms with Crippen LogP contribution in [0.15, 0.2) is 54.6 Å². The van der Waals surface area contributed by atoms with Crippen molar-refractivity contribution < 1.29 is 9.53 Å². The van der Waals surface area contributed by atoms with E-state index in [-0.39, 0.29) is 5.02 Å². The highest BCUT2D eigenvalue weighted by atomic mass is 35.5. The molecule has 0 spiro atoms. The van der Waals surface area contributed by atoms with Crippen LogP contribution in [0, 0.1) is 0 Å². The lowest BCUT2D eigenvalue weighted by Gasteiger charge is -2.11. The fraction of sp³-hybridized carbons (Fsp3) is 0. The second kappa shape index (κ2) is 6.17. The molecular formula is C17H9Cl3O2. The topological polar surface area (TPSA) is 26.3 Å². The Hall–Kier alpha value is -1.74. The summed E-state index contributed by atoms with van der Waals surface area (Å²) in [6.45, 7) is 0. The Morgan fingerprint density at radius 3 is 2.14 bits per heavy atom. The summed E-state index contributed by atoms with van der Waals surface area (Å²) in [6.07, 6.45) is 0. The van der Waals surface area contributed by atoms with Gasteiger partial charge in [0.25, 0.3) is 0 Å². The minimum atomic E-state index is -0.508. The molecule has 0 N–H and O–H groups in total. The van der Waals surface area contributed by atoms with Gasteiger partial charge in [0.15, 0.2) is 5.75 Å². The Balaban J connectivity index is 2.03. The normalized spacial score (nSPS) is 10.7. The molecular weight excluding hydrogens is 343 g/mol. The lowest BCUT2D eigenvalue weighted by Crippen LogP contribution is -2.09. The molecule has 5 heteroatoms. The number of ether oxygens (including phenoxy) is 1. The molecule has 22 heavy (non-hydrogen) atoms. The number of hydrogen-bond donors (Lipinski definition) is 0. The van der Waals surface area contributed by atoms with Gasteiger partial charge >= 0.3 is 5.97 Å².